The van der Waals surface area contributed by atoms with Crippen molar-refractivity contribution in [2.75, 3.05) is 4.90 Å². The van der Waals surface area contributed by atoms with Crippen LogP contribution < -0.4 is 4.90 Å². The highest BCUT2D eigenvalue weighted by Gasteiger charge is 2.49. The quantitative estimate of drug-likeness (QED) is 0.154. The van der Waals surface area contributed by atoms with Gasteiger partial charge in [0.05, 0.1) is 10.8 Å². The highest BCUT2D eigenvalue weighted by atomic mass is 15.1. The lowest BCUT2D eigenvalue weighted by Crippen LogP contribution is -2.30. The molecule has 364 valence electrons. The van der Waals surface area contributed by atoms with Crippen LogP contribution >= 0.6 is 0 Å². The van der Waals surface area contributed by atoms with E-state index in [1.807, 2.05) is 0 Å². The maximum absolute atomic E-state index is 2.53. The molecule has 2 aliphatic carbocycles. The van der Waals surface area contributed by atoms with Crippen LogP contribution in [0.1, 0.15) is 150 Å². The summed E-state index contributed by atoms with van der Waals surface area (Å²) < 4.78 is 0. The number of hydrogen-bond acceptors (Lipinski definition) is 1. The van der Waals surface area contributed by atoms with E-state index in [1.165, 1.54) is 89.0 Å². The van der Waals surface area contributed by atoms with Crippen molar-refractivity contribution < 1.29 is 0 Å². The van der Waals surface area contributed by atoms with Gasteiger partial charge in [-0.3, -0.25) is 0 Å². The number of benzene rings is 9. The molecule has 1 atom stereocenters. The summed E-state index contributed by atoms with van der Waals surface area (Å²) in [5, 5.41) is 0. The maximum Gasteiger partial charge on any atom is 0.0714 e. The van der Waals surface area contributed by atoms with Gasteiger partial charge in [0.2, 0.25) is 0 Å². The third kappa shape index (κ3) is 7.81. The topological polar surface area (TPSA) is 3.24 Å². The Morgan fingerprint density at radius 2 is 0.589 bits per heavy atom. The second kappa shape index (κ2) is 17.2. The molecule has 73 heavy (non-hydrogen) atoms. The van der Waals surface area contributed by atoms with Gasteiger partial charge >= 0.3 is 0 Å². The SMILES string of the molecule is CC(C)(C)c1ccc(C2(c3ccc(C(C)(C)C)cc3)c3ccccc3-c3ccc(N(c4ccccc4)c4ccc5c(c4)C(c4ccccc4)(c4cc(C(C)(C)C)cc(C(C)(C)C)c4)c4ccccc4-5)cc32)cc1. The first-order chi connectivity index (χ1) is 34.7. The van der Waals surface area contributed by atoms with Crippen LogP contribution in [0.2, 0.25) is 0 Å². The summed E-state index contributed by atoms with van der Waals surface area (Å²) in [7, 11) is 0. The van der Waals surface area contributed by atoms with Gasteiger partial charge in [0.25, 0.3) is 0 Å². The molecule has 0 fully saturated rings. The summed E-state index contributed by atoms with van der Waals surface area (Å²) in [4.78, 5) is 2.50. The Kier molecular flexibility index (Phi) is 11.3. The van der Waals surface area contributed by atoms with Gasteiger partial charge in [0, 0.05) is 17.1 Å². The predicted molar refractivity (Wildman–Crippen MR) is 311 cm³/mol. The third-order valence-corrected chi connectivity index (χ3v) is 16.3. The lowest BCUT2D eigenvalue weighted by atomic mass is 9.65. The average Bonchev–Trinajstić information content (AvgIpc) is 3.86. The Balaban J connectivity index is 1.19. The van der Waals surface area contributed by atoms with Crippen LogP contribution in [0.3, 0.4) is 0 Å². The molecule has 1 nitrogen and oxygen atoms in total. The first-order valence-electron chi connectivity index (χ1n) is 26.5. The fourth-order valence-electron chi connectivity index (χ4n) is 12.3. The number of hydrogen-bond donors (Lipinski definition) is 0. The summed E-state index contributed by atoms with van der Waals surface area (Å²) in [5.74, 6) is 0. The normalized spacial score (nSPS) is 15.8. The molecule has 0 amide bonds. The number of nitrogens with zero attached hydrogens (tertiary/aromatic N) is 1. The van der Waals surface area contributed by atoms with Crippen LogP contribution in [0.5, 0.6) is 0 Å². The van der Waals surface area contributed by atoms with Crippen molar-refractivity contribution in [3.63, 3.8) is 0 Å². The van der Waals surface area contributed by atoms with Gasteiger partial charge < -0.3 is 4.90 Å². The van der Waals surface area contributed by atoms with E-state index in [9.17, 15) is 0 Å². The second-order valence-electron chi connectivity index (χ2n) is 25.0. The molecular weight excluding hydrogens is 879 g/mol. The molecule has 0 saturated carbocycles. The summed E-state index contributed by atoms with van der Waals surface area (Å²) in [5.41, 5.74) is 22.9. The molecule has 1 heteroatoms. The van der Waals surface area contributed by atoms with Crippen molar-refractivity contribution in [3.8, 4) is 22.3 Å². The lowest BCUT2D eigenvalue weighted by Gasteiger charge is -2.37. The standard InChI is InChI=1S/C72H71N/c1-67(2,3)48-31-35-51(36-32-48)71(52-37-33-49(34-38-52)68(4,5)6)63-29-21-19-27-59(63)61-41-39-57(46-65(61)71)73(56-25-17-14-18-26-56)58-40-42-62-60-28-20-22-30-64(60)72(66(62)47-58,50-23-15-13-16-24-50)55-44-53(69(7,8)9)43-54(45-55)70(10,11)12/h13-47H,1-12H3. The first-order valence-corrected chi connectivity index (χ1v) is 26.5. The zero-order valence-corrected chi connectivity index (χ0v) is 45.2. The van der Waals surface area contributed by atoms with Crippen molar-refractivity contribution in [1.82, 2.24) is 0 Å². The van der Waals surface area contributed by atoms with Crippen LogP contribution in [0.15, 0.2) is 212 Å². The van der Waals surface area contributed by atoms with Crippen LogP contribution in [0.25, 0.3) is 22.3 Å². The van der Waals surface area contributed by atoms with Crippen molar-refractivity contribution in [2.24, 2.45) is 0 Å². The molecule has 11 rings (SSSR count). The minimum absolute atomic E-state index is 0.0223. The van der Waals surface area contributed by atoms with E-state index in [0.717, 1.165) is 17.1 Å². The molecule has 0 N–H and O–H groups in total. The van der Waals surface area contributed by atoms with E-state index in [-0.39, 0.29) is 21.7 Å². The van der Waals surface area contributed by atoms with Gasteiger partial charge in [-0.2, -0.15) is 0 Å². The van der Waals surface area contributed by atoms with Gasteiger partial charge in [-0.25, -0.2) is 0 Å². The van der Waals surface area contributed by atoms with Crippen LogP contribution in [-0.2, 0) is 32.5 Å². The highest BCUT2D eigenvalue weighted by molar-refractivity contribution is 5.92. The van der Waals surface area contributed by atoms with E-state index >= 15 is 0 Å². The molecular formula is C72H71N. The van der Waals surface area contributed by atoms with Crippen molar-refractivity contribution in [2.45, 2.75) is 116 Å². The highest BCUT2D eigenvalue weighted by Crippen LogP contribution is 2.60. The third-order valence-electron chi connectivity index (χ3n) is 16.3. The van der Waals surface area contributed by atoms with Crippen LogP contribution in [0, 0.1) is 0 Å². The number of para-hydroxylation sites is 1. The van der Waals surface area contributed by atoms with Gasteiger partial charge in [-0.05, 0) is 147 Å². The van der Waals surface area contributed by atoms with Crippen molar-refractivity contribution >= 4 is 17.1 Å². The zero-order chi connectivity index (χ0) is 51.3. The molecule has 0 aromatic heterocycles. The van der Waals surface area contributed by atoms with Gasteiger partial charge in [0.15, 0.2) is 0 Å². The molecule has 9 aromatic carbocycles. The first kappa shape index (κ1) is 48.1. The molecule has 0 heterocycles. The van der Waals surface area contributed by atoms with Crippen LogP contribution in [0.4, 0.5) is 17.1 Å². The molecule has 0 saturated heterocycles. The predicted octanol–water partition coefficient (Wildman–Crippen LogP) is 19.1. The molecule has 0 bridgehead atoms. The number of rotatable bonds is 7. The van der Waals surface area contributed by atoms with Crippen molar-refractivity contribution in [3.05, 3.63) is 279 Å². The summed E-state index contributed by atoms with van der Waals surface area (Å²) in [6.45, 7) is 28.0. The summed E-state index contributed by atoms with van der Waals surface area (Å²) >= 11 is 0. The molecule has 2 aliphatic rings. The van der Waals surface area contributed by atoms with E-state index in [1.54, 1.807) is 0 Å². The van der Waals surface area contributed by atoms with Crippen molar-refractivity contribution in [1.29, 1.82) is 0 Å². The molecule has 0 spiro atoms. The minimum atomic E-state index is -0.597. The molecule has 1 unspecified atom stereocenters. The maximum atomic E-state index is 2.53. The van der Waals surface area contributed by atoms with Gasteiger partial charge in [-0.15, -0.1) is 0 Å². The Labute approximate surface area is 436 Å². The Morgan fingerprint density at radius 1 is 0.247 bits per heavy atom. The van der Waals surface area contributed by atoms with E-state index in [2.05, 4.69) is 300 Å². The largest absolute Gasteiger partial charge is 0.310 e. The average molecular weight is 950 g/mol. The number of fused-ring (bicyclic) bond motifs is 6. The Hall–Kier alpha value is -7.22. The molecule has 0 radical (unpaired) electrons. The summed E-state index contributed by atoms with van der Waals surface area (Å²) in [6.07, 6.45) is 0. The Bertz CT molecular complexity index is 3420. The molecule has 9 aromatic rings. The van der Waals surface area contributed by atoms with E-state index < -0.39 is 10.8 Å². The number of anilines is 3. The fourth-order valence-corrected chi connectivity index (χ4v) is 12.3. The van der Waals surface area contributed by atoms with Gasteiger partial charge in [-0.1, -0.05) is 259 Å². The van der Waals surface area contributed by atoms with E-state index in [0.29, 0.717) is 0 Å². The summed E-state index contributed by atoms with van der Waals surface area (Å²) in [6, 6.07) is 81.8. The lowest BCUT2D eigenvalue weighted by molar-refractivity contribution is 0.564. The second-order valence-corrected chi connectivity index (χ2v) is 25.0. The van der Waals surface area contributed by atoms with Gasteiger partial charge in [0.1, 0.15) is 0 Å². The van der Waals surface area contributed by atoms with Crippen LogP contribution in [-0.4, -0.2) is 0 Å². The monoisotopic (exact) mass is 950 g/mol. The zero-order valence-electron chi connectivity index (χ0n) is 45.2. The smallest absolute Gasteiger partial charge is 0.0714 e. The fraction of sp³-hybridized carbons (Fsp3) is 0.250. The minimum Gasteiger partial charge on any atom is -0.310 e. The van der Waals surface area contributed by atoms with E-state index in [4.69, 9.17) is 0 Å². The molecule has 0 aliphatic heterocycles. The Morgan fingerprint density at radius 3 is 1.00 bits per heavy atom.